The summed E-state index contributed by atoms with van der Waals surface area (Å²) in [5.74, 6) is 2.77. The Bertz CT molecular complexity index is 1030. The topological polar surface area (TPSA) is 43.6 Å². The number of halogens is 2. The minimum atomic E-state index is -0.383. The molecule has 0 aliphatic carbocycles. The van der Waals surface area contributed by atoms with E-state index in [1.807, 2.05) is 22.8 Å². The van der Waals surface area contributed by atoms with Gasteiger partial charge in [-0.05, 0) is 42.5 Å². The van der Waals surface area contributed by atoms with E-state index in [0.717, 1.165) is 14.7 Å². The molecule has 0 saturated carbocycles. The Morgan fingerprint density at radius 3 is 2.80 bits per heavy atom. The second-order valence-corrected chi connectivity index (χ2v) is 7.40. The number of ether oxygens (including phenoxy) is 1. The summed E-state index contributed by atoms with van der Waals surface area (Å²) in [6.45, 7) is 0.182. The molecule has 1 amide bonds. The average molecular weight is 436 g/mol. The first-order valence-corrected chi connectivity index (χ1v) is 9.24. The number of nitrogens with zero attached hydrogens (tertiary/aromatic N) is 2. The van der Waals surface area contributed by atoms with Gasteiger partial charge in [0.1, 0.15) is 5.75 Å². The third kappa shape index (κ3) is 4.31. The third-order valence-electron chi connectivity index (χ3n) is 3.29. The molecule has 0 atom stereocenters. The van der Waals surface area contributed by atoms with Gasteiger partial charge in [0.15, 0.2) is 11.4 Å². The molecule has 1 heterocycles. The van der Waals surface area contributed by atoms with E-state index in [9.17, 15) is 4.79 Å². The van der Waals surface area contributed by atoms with Crippen molar-refractivity contribution in [1.82, 2.24) is 4.57 Å². The van der Waals surface area contributed by atoms with Gasteiger partial charge in [-0.25, -0.2) is 0 Å². The summed E-state index contributed by atoms with van der Waals surface area (Å²) >= 11 is 10.7. The van der Waals surface area contributed by atoms with Crippen molar-refractivity contribution in [3.8, 4) is 18.1 Å². The van der Waals surface area contributed by atoms with Gasteiger partial charge in [-0.2, -0.15) is 4.99 Å². The number of carbonyl (C=O) groups is 1. The Hall–Kier alpha value is -2.07. The fourth-order valence-corrected chi connectivity index (χ4v) is 3.92. The lowest BCUT2D eigenvalue weighted by molar-refractivity contribution is -0.120. The van der Waals surface area contributed by atoms with Crippen LogP contribution in [0.3, 0.4) is 0 Å². The number of rotatable bonds is 4. The molecule has 0 radical (unpaired) electrons. The minimum absolute atomic E-state index is 0.157. The molecule has 0 unspecified atom stereocenters. The van der Waals surface area contributed by atoms with Crippen molar-refractivity contribution >= 4 is 55.0 Å². The van der Waals surface area contributed by atoms with Gasteiger partial charge < -0.3 is 9.30 Å². The lowest BCUT2D eigenvalue weighted by Gasteiger charge is -2.03. The lowest BCUT2D eigenvalue weighted by atomic mass is 10.3. The number of thiazole rings is 1. The zero-order valence-corrected chi connectivity index (χ0v) is 16.1. The van der Waals surface area contributed by atoms with Crippen LogP contribution in [0, 0.1) is 12.3 Å². The van der Waals surface area contributed by atoms with Crippen molar-refractivity contribution in [2.75, 3.05) is 6.61 Å². The highest BCUT2D eigenvalue weighted by Crippen LogP contribution is 2.22. The molecule has 0 bridgehead atoms. The number of fused-ring (bicyclic) bond motifs is 1. The predicted octanol–water partition coefficient (Wildman–Crippen LogP) is 4.26. The summed E-state index contributed by atoms with van der Waals surface area (Å²) in [7, 11) is 0. The predicted molar refractivity (Wildman–Crippen MR) is 104 cm³/mol. The maximum atomic E-state index is 12.2. The van der Waals surface area contributed by atoms with Crippen LogP contribution in [-0.2, 0) is 11.3 Å². The van der Waals surface area contributed by atoms with Crippen LogP contribution < -0.4 is 9.54 Å². The number of benzene rings is 2. The van der Waals surface area contributed by atoms with Crippen molar-refractivity contribution < 1.29 is 9.53 Å². The molecule has 7 heteroatoms. The number of amides is 1. The van der Waals surface area contributed by atoms with Crippen molar-refractivity contribution in [1.29, 1.82) is 0 Å². The highest BCUT2D eigenvalue weighted by Gasteiger charge is 2.08. The number of hydrogen-bond acceptors (Lipinski definition) is 3. The molecule has 3 rings (SSSR count). The minimum Gasteiger partial charge on any atom is -0.484 e. The van der Waals surface area contributed by atoms with Gasteiger partial charge in [-0.15, -0.1) is 6.42 Å². The van der Waals surface area contributed by atoms with Crippen molar-refractivity contribution in [3.63, 3.8) is 0 Å². The van der Waals surface area contributed by atoms with E-state index in [0.29, 0.717) is 22.1 Å². The molecule has 3 aromatic rings. The van der Waals surface area contributed by atoms with Gasteiger partial charge in [0.2, 0.25) is 0 Å². The summed E-state index contributed by atoms with van der Waals surface area (Å²) in [6, 6.07) is 12.6. The number of carbonyl (C=O) groups excluding carboxylic acids is 1. The van der Waals surface area contributed by atoms with E-state index < -0.39 is 0 Å². The Balaban J connectivity index is 1.86. The maximum Gasteiger partial charge on any atom is 0.286 e. The molecule has 25 heavy (non-hydrogen) atoms. The lowest BCUT2D eigenvalue weighted by Crippen LogP contribution is -2.19. The van der Waals surface area contributed by atoms with Gasteiger partial charge >= 0.3 is 0 Å². The number of terminal acetylenes is 1. The van der Waals surface area contributed by atoms with E-state index in [2.05, 4.69) is 26.8 Å². The maximum absolute atomic E-state index is 12.2. The van der Waals surface area contributed by atoms with Crippen LogP contribution in [0.4, 0.5) is 0 Å². The molecule has 0 spiro atoms. The molecular weight excluding hydrogens is 424 g/mol. The van der Waals surface area contributed by atoms with Gasteiger partial charge in [-0.3, -0.25) is 4.79 Å². The number of hydrogen-bond donors (Lipinski definition) is 0. The summed E-state index contributed by atoms with van der Waals surface area (Å²) < 4.78 is 9.23. The Morgan fingerprint density at radius 1 is 1.32 bits per heavy atom. The highest BCUT2D eigenvalue weighted by atomic mass is 79.9. The van der Waals surface area contributed by atoms with E-state index in [1.54, 1.807) is 24.3 Å². The van der Waals surface area contributed by atoms with Gasteiger partial charge in [0, 0.05) is 9.50 Å². The molecule has 4 nitrogen and oxygen atoms in total. The fourth-order valence-electron chi connectivity index (χ4n) is 2.19. The van der Waals surface area contributed by atoms with Crippen LogP contribution in [0.1, 0.15) is 0 Å². The monoisotopic (exact) mass is 434 g/mol. The summed E-state index contributed by atoms with van der Waals surface area (Å²) in [4.78, 5) is 16.9. The zero-order chi connectivity index (χ0) is 17.8. The average Bonchev–Trinajstić information content (AvgIpc) is 2.91. The molecule has 0 fully saturated rings. The van der Waals surface area contributed by atoms with Crippen molar-refractivity contribution in [2.45, 2.75) is 6.54 Å². The summed E-state index contributed by atoms with van der Waals surface area (Å²) in [5.41, 5.74) is 0.941. The molecule has 0 aliphatic heterocycles. The standard InChI is InChI=1S/C18H12BrClN2O2S/c1-2-9-22-15-8-3-12(19)10-16(15)25-18(22)21-17(23)11-24-14-6-4-13(20)5-7-14/h1,3-8,10H,9,11H2. The van der Waals surface area contributed by atoms with Crippen LogP contribution in [0.25, 0.3) is 10.2 Å². The molecular formula is C18H12BrClN2O2S. The Labute approximate surface area is 161 Å². The van der Waals surface area contributed by atoms with Crippen molar-refractivity contribution in [3.05, 3.63) is 56.8 Å². The molecule has 0 N–H and O–H groups in total. The van der Waals surface area contributed by atoms with Crippen LogP contribution >= 0.6 is 38.9 Å². The van der Waals surface area contributed by atoms with Crippen LogP contribution in [0.5, 0.6) is 5.75 Å². The smallest absolute Gasteiger partial charge is 0.286 e. The van der Waals surface area contributed by atoms with E-state index in [1.165, 1.54) is 11.3 Å². The molecule has 126 valence electrons. The van der Waals surface area contributed by atoms with Gasteiger partial charge in [0.05, 0.1) is 16.8 Å². The Kier molecular flexibility index (Phi) is 5.59. The van der Waals surface area contributed by atoms with E-state index in [4.69, 9.17) is 22.8 Å². The normalized spacial score (nSPS) is 11.5. The number of aromatic nitrogens is 1. The zero-order valence-electron chi connectivity index (χ0n) is 12.9. The molecule has 0 aliphatic rings. The molecule has 1 aromatic heterocycles. The van der Waals surface area contributed by atoms with E-state index in [-0.39, 0.29) is 12.5 Å². The first kappa shape index (κ1) is 17.7. The SMILES string of the molecule is C#CCn1c(=NC(=O)COc2ccc(Cl)cc2)sc2cc(Br)ccc21. The van der Waals surface area contributed by atoms with Crippen LogP contribution in [0.15, 0.2) is 51.9 Å². The molecule has 2 aromatic carbocycles. The largest absolute Gasteiger partial charge is 0.484 e. The Morgan fingerprint density at radius 2 is 2.08 bits per heavy atom. The highest BCUT2D eigenvalue weighted by molar-refractivity contribution is 9.10. The van der Waals surface area contributed by atoms with Crippen LogP contribution in [0.2, 0.25) is 5.02 Å². The summed E-state index contributed by atoms with van der Waals surface area (Å²) in [6.07, 6.45) is 5.45. The fraction of sp³-hybridized carbons (Fsp3) is 0.111. The third-order valence-corrected chi connectivity index (χ3v) is 5.08. The van der Waals surface area contributed by atoms with Gasteiger partial charge in [0.25, 0.3) is 5.91 Å². The quantitative estimate of drug-likeness (QED) is 0.575. The first-order chi connectivity index (χ1) is 12.1. The van der Waals surface area contributed by atoms with Gasteiger partial charge in [-0.1, -0.05) is 44.8 Å². The van der Waals surface area contributed by atoms with Crippen molar-refractivity contribution in [2.24, 2.45) is 4.99 Å². The summed E-state index contributed by atoms with van der Waals surface area (Å²) in [5, 5.41) is 0.607. The van der Waals surface area contributed by atoms with Crippen LogP contribution in [-0.4, -0.2) is 17.1 Å². The second kappa shape index (κ2) is 7.87. The molecule has 0 saturated heterocycles. The van der Waals surface area contributed by atoms with E-state index >= 15 is 0 Å². The first-order valence-electron chi connectivity index (χ1n) is 7.25. The second-order valence-electron chi connectivity index (χ2n) is 5.04.